The van der Waals surface area contributed by atoms with Gasteiger partial charge in [0.1, 0.15) is 11.8 Å². The number of aromatic hydroxyl groups is 1. The molecule has 0 aliphatic carbocycles. The van der Waals surface area contributed by atoms with Gasteiger partial charge in [0.25, 0.3) is 0 Å². The first-order valence-corrected chi connectivity index (χ1v) is 17.5. The number of rotatable bonds is 9. The minimum Gasteiger partial charge on any atom is -0.507 e. The van der Waals surface area contributed by atoms with Crippen LogP contribution in [0.4, 0.5) is 5.82 Å². The number of fused-ring (bicyclic) bond motifs is 3. The van der Waals surface area contributed by atoms with Crippen molar-refractivity contribution in [3.05, 3.63) is 90.8 Å². The average Bonchev–Trinajstić information content (AvgIpc) is 3.75. The number of piperidine rings is 2. The SMILES string of the molecule is Nc1nnc(-c2ccccc2O)cc1-c1cnn(C2CCN(CCCCc3ccc4c(c3)c3ccccc3n4C3CCC(=O)NC3=O)CC2)c1. The molecule has 4 N–H and O–H groups in total. The number of nitrogen functional groups attached to an aromatic ring is 1. The van der Waals surface area contributed by atoms with Crippen LogP contribution >= 0.6 is 0 Å². The van der Waals surface area contributed by atoms with Crippen molar-refractivity contribution in [1.82, 2.24) is 34.8 Å². The summed E-state index contributed by atoms with van der Waals surface area (Å²) in [7, 11) is 0. The number of para-hydroxylation sites is 2. The number of nitrogens with two attached hydrogens (primary N) is 1. The molecule has 2 aliphatic rings. The number of carbonyl (C=O) groups excluding carboxylic acids is 2. The van der Waals surface area contributed by atoms with Gasteiger partial charge in [-0.3, -0.25) is 19.6 Å². The number of benzene rings is 3. The van der Waals surface area contributed by atoms with E-state index in [0.717, 1.165) is 84.7 Å². The molecule has 2 amide bonds. The van der Waals surface area contributed by atoms with Gasteiger partial charge in [-0.05, 0) is 87.0 Å². The van der Waals surface area contributed by atoms with Crippen LogP contribution in [-0.4, -0.2) is 66.0 Å². The fourth-order valence-electron chi connectivity index (χ4n) is 7.67. The molecule has 2 aliphatic heterocycles. The summed E-state index contributed by atoms with van der Waals surface area (Å²) in [5.74, 6) is 0.0591. The number of hydrogen-bond acceptors (Lipinski definition) is 8. The molecule has 0 spiro atoms. The zero-order chi connectivity index (χ0) is 34.2. The predicted octanol–water partition coefficient (Wildman–Crippen LogP) is 6.04. The van der Waals surface area contributed by atoms with Crippen molar-refractivity contribution in [3.63, 3.8) is 0 Å². The highest BCUT2D eigenvalue weighted by atomic mass is 16.3. The number of amides is 2. The van der Waals surface area contributed by atoms with Crippen molar-refractivity contribution >= 4 is 39.4 Å². The second kappa shape index (κ2) is 13.4. The lowest BCUT2D eigenvalue weighted by Gasteiger charge is -2.32. The number of phenols is 1. The van der Waals surface area contributed by atoms with Crippen LogP contribution in [-0.2, 0) is 16.0 Å². The molecule has 2 saturated heterocycles. The first-order valence-electron chi connectivity index (χ1n) is 17.5. The third kappa shape index (κ3) is 6.09. The van der Waals surface area contributed by atoms with Crippen molar-refractivity contribution in [3.8, 4) is 28.1 Å². The molecule has 0 saturated carbocycles. The maximum absolute atomic E-state index is 12.8. The van der Waals surface area contributed by atoms with Crippen LogP contribution < -0.4 is 11.1 Å². The fourth-order valence-corrected chi connectivity index (χ4v) is 7.67. The highest BCUT2D eigenvalue weighted by Gasteiger charge is 2.30. The predicted molar refractivity (Wildman–Crippen MR) is 193 cm³/mol. The summed E-state index contributed by atoms with van der Waals surface area (Å²) >= 11 is 0. The van der Waals surface area contributed by atoms with E-state index in [1.54, 1.807) is 12.1 Å². The molecule has 0 radical (unpaired) electrons. The third-order valence-electron chi connectivity index (χ3n) is 10.3. The second-order valence-electron chi connectivity index (χ2n) is 13.5. The highest BCUT2D eigenvalue weighted by Crippen LogP contribution is 2.36. The Kier molecular flexibility index (Phi) is 8.49. The smallest absolute Gasteiger partial charge is 0.249 e. The molecule has 2 fully saturated rings. The molecule has 8 rings (SSSR count). The van der Waals surface area contributed by atoms with E-state index in [4.69, 9.17) is 10.8 Å². The lowest BCUT2D eigenvalue weighted by molar-refractivity contribution is -0.135. The Hall–Kier alpha value is -5.55. The second-order valence-corrected chi connectivity index (χ2v) is 13.5. The van der Waals surface area contributed by atoms with Gasteiger partial charge in [0.2, 0.25) is 11.8 Å². The monoisotopic (exact) mass is 668 g/mol. The number of anilines is 1. The Morgan fingerprint density at radius 1 is 0.860 bits per heavy atom. The summed E-state index contributed by atoms with van der Waals surface area (Å²) in [5.41, 5.74) is 12.4. The van der Waals surface area contributed by atoms with Gasteiger partial charge >= 0.3 is 0 Å². The van der Waals surface area contributed by atoms with Crippen LogP contribution in [0.25, 0.3) is 44.2 Å². The van der Waals surface area contributed by atoms with E-state index >= 15 is 0 Å². The van der Waals surface area contributed by atoms with E-state index in [9.17, 15) is 14.7 Å². The van der Waals surface area contributed by atoms with Gasteiger partial charge in [0.05, 0.1) is 17.9 Å². The van der Waals surface area contributed by atoms with Crippen LogP contribution in [0.2, 0.25) is 0 Å². The van der Waals surface area contributed by atoms with Crippen molar-refractivity contribution in [2.24, 2.45) is 0 Å². The normalized spacial score (nSPS) is 17.5. The fraction of sp³-hybridized carbons (Fsp3) is 0.308. The highest BCUT2D eigenvalue weighted by molar-refractivity contribution is 6.10. The summed E-state index contributed by atoms with van der Waals surface area (Å²) in [6.45, 7) is 3.13. The van der Waals surface area contributed by atoms with E-state index in [0.29, 0.717) is 36.0 Å². The largest absolute Gasteiger partial charge is 0.507 e. The Morgan fingerprint density at radius 2 is 1.66 bits per heavy atom. The Labute approximate surface area is 289 Å². The van der Waals surface area contributed by atoms with Crippen LogP contribution in [0.1, 0.15) is 56.2 Å². The molecule has 3 aromatic heterocycles. The van der Waals surface area contributed by atoms with Gasteiger partial charge in [0.15, 0.2) is 5.82 Å². The topological polar surface area (TPSA) is 144 Å². The van der Waals surface area contributed by atoms with Crippen LogP contribution in [0.3, 0.4) is 0 Å². The first kappa shape index (κ1) is 31.7. The van der Waals surface area contributed by atoms with E-state index in [-0.39, 0.29) is 23.6 Å². The number of nitrogens with zero attached hydrogens (tertiary/aromatic N) is 6. The van der Waals surface area contributed by atoms with Gasteiger partial charge in [-0.25, -0.2) is 0 Å². The zero-order valence-corrected chi connectivity index (χ0v) is 27.8. The van der Waals surface area contributed by atoms with Gasteiger partial charge in [-0.1, -0.05) is 36.4 Å². The van der Waals surface area contributed by atoms with Gasteiger partial charge in [-0.15, -0.1) is 10.2 Å². The lowest BCUT2D eigenvalue weighted by atomic mass is 10.0. The summed E-state index contributed by atoms with van der Waals surface area (Å²) in [6.07, 6.45) is 10.0. The van der Waals surface area contributed by atoms with Crippen LogP contribution in [0.5, 0.6) is 5.75 Å². The Morgan fingerprint density at radius 3 is 2.50 bits per heavy atom. The third-order valence-corrected chi connectivity index (χ3v) is 10.3. The van der Waals surface area contributed by atoms with E-state index < -0.39 is 0 Å². The Bertz CT molecular complexity index is 2210. The van der Waals surface area contributed by atoms with Crippen molar-refractivity contribution in [2.75, 3.05) is 25.4 Å². The molecule has 0 bridgehead atoms. The van der Waals surface area contributed by atoms with Crippen molar-refractivity contribution in [1.29, 1.82) is 0 Å². The van der Waals surface area contributed by atoms with Crippen LogP contribution in [0, 0.1) is 0 Å². The first-order chi connectivity index (χ1) is 24.4. The number of nitrogens with one attached hydrogen (secondary N) is 1. The molecule has 1 atom stereocenters. The van der Waals surface area contributed by atoms with Gasteiger partial charge in [0, 0.05) is 64.2 Å². The quantitative estimate of drug-likeness (QED) is 0.125. The molecule has 254 valence electrons. The number of hydrogen-bond donors (Lipinski definition) is 3. The molecule has 5 heterocycles. The van der Waals surface area contributed by atoms with E-state index in [1.807, 2.05) is 42.7 Å². The number of aryl methyl sites for hydroxylation is 1. The molecular formula is C39H40N8O3. The summed E-state index contributed by atoms with van der Waals surface area (Å²) in [4.78, 5) is 27.2. The van der Waals surface area contributed by atoms with Gasteiger partial charge in [-0.2, -0.15) is 5.10 Å². The molecular weight excluding hydrogens is 628 g/mol. The van der Waals surface area contributed by atoms with Gasteiger partial charge < -0.3 is 20.3 Å². The summed E-state index contributed by atoms with van der Waals surface area (Å²) < 4.78 is 4.17. The average molecular weight is 669 g/mol. The minimum absolute atomic E-state index is 0.148. The van der Waals surface area contributed by atoms with Crippen molar-refractivity contribution < 1.29 is 14.7 Å². The van der Waals surface area contributed by atoms with Crippen molar-refractivity contribution in [2.45, 2.75) is 57.0 Å². The number of likely N-dealkylation sites (tertiary alicyclic amines) is 1. The zero-order valence-electron chi connectivity index (χ0n) is 27.8. The summed E-state index contributed by atoms with van der Waals surface area (Å²) in [6, 6.07) is 23.7. The number of aromatic nitrogens is 5. The van der Waals surface area contributed by atoms with E-state index in [1.165, 1.54) is 5.56 Å². The van der Waals surface area contributed by atoms with Crippen LogP contribution in [0.15, 0.2) is 85.2 Å². The Balaban J connectivity index is 0.864. The molecule has 3 aromatic carbocycles. The molecule has 6 aromatic rings. The number of imide groups is 1. The number of unbranched alkanes of at least 4 members (excludes halogenated alkanes) is 1. The molecule has 50 heavy (non-hydrogen) atoms. The van der Waals surface area contributed by atoms with E-state index in [2.05, 4.69) is 60.0 Å². The lowest BCUT2D eigenvalue weighted by Crippen LogP contribution is -2.41. The standard InChI is InChI=1S/C39H40N8O3/c40-38-30(22-32(43-44-38)29-9-2-4-11-36(29)48)26-23-41-46(24-26)27-16-19-45(20-17-27)18-6-5-7-25-12-13-34-31(21-25)28-8-1-3-10-33(28)47(34)35-14-15-37(49)42-39(35)50/h1-4,8-13,21-24,27,35,48H,5-7,14-20H2,(H2,40,44)(H,42,49,50). The molecule has 11 heteroatoms. The minimum atomic E-state index is -0.387. The maximum Gasteiger partial charge on any atom is 0.249 e. The number of phenolic OH excluding ortho intramolecular Hbond substituents is 1. The maximum atomic E-state index is 12.8. The molecule has 1 unspecified atom stereocenters. The summed E-state index contributed by atoms with van der Waals surface area (Å²) in [5, 5.41) is 28.2. The number of carbonyl (C=O) groups is 2. The molecule has 11 nitrogen and oxygen atoms in total.